The molecule has 2 rings (SSSR count). The Morgan fingerprint density at radius 2 is 1.95 bits per heavy atom. The minimum absolute atomic E-state index is 0.186. The van der Waals surface area contributed by atoms with Crippen LogP contribution in [0.15, 0.2) is 42.5 Å². The molecule has 2 aromatic carbocycles. The van der Waals surface area contributed by atoms with Crippen LogP contribution in [0.3, 0.4) is 0 Å². The predicted molar refractivity (Wildman–Crippen MR) is 78.2 cm³/mol. The topological polar surface area (TPSA) is 72.2 Å². The van der Waals surface area contributed by atoms with E-state index in [1.54, 1.807) is 31.2 Å². The number of aryl methyl sites for hydroxylation is 1. The molecule has 0 atom stereocenters. The van der Waals surface area contributed by atoms with Crippen LogP contribution in [0, 0.1) is 12.7 Å². The number of anilines is 2. The molecule has 0 unspecified atom stereocenters. The summed E-state index contributed by atoms with van der Waals surface area (Å²) in [5.74, 6) is -0.558. The summed E-state index contributed by atoms with van der Waals surface area (Å²) in [4.78, 5) is 0. The second-order valence-electron chi connectivity index (χ2n) is 4.57. The first-order valence-corrected chi connectivity index (χ1v) is 7.62. The summed E-state index contributed by atoms with van der Waals surface area (Å²) in [6, 6.07) is 10.7. The first-order chi connectivity index (χ1) is 9.35. The summed E-state index contributed by atoms with van der Waals surface area (Å²) in [6.07, 6.45) is 0. The van der Waals surface area contributed by atoms with Gasteiger partial charge in [0.1, 0.15) is 5.82 Å². The maximum absolute atomic E-state index is 13.1. The van der Waals surface area contributed by atoms with Crippen molar-refractivity contribution in [3.8, 4) is 0 Å². The van der Waals surface area contributed by atoms with Gasteiger partial charge in [-0.25, -0.2) is 12.8 Å². The lowest BCUT2D eigenvalue weighted by molar-refractivity contribution is 0.600. The fraction of sp³-hybridized carbons (Fsp3) is 0.143. The number of hydrogen-bond acceptors (Lipinski definition) is 3. The zero-order valence-electron chi connectivity index (χ0n) is 10.9. The zero-order valence-corrected chi connectivity index (χ0v) is 11.7. The third-order valence-corrected chi connectivity index (χ3v) is 4.00. The van der Waals surface area contributed by atoms with Gasteiger partial charge in [0.2, 0.25) is 10.0 Å². The van der Waals surface area contributed by atoms with E-state index in [2.05, 4.69) is 4.72 Å². The van der Waals surface area contributed by atoms with Gasteiger partial charge in [-0.2, -0.15) is 0 Å². The Hall–Kier alpha value is -2.08. The second-order valence-corrected chi connectivity index (χ2v) is 6.29. The molecular formula is C14H15FN2O2S. The van der Waals surface area contributed by atoms with Crippen molar-refractivity contribution in [2.75, 3.05) is 10.5 Å². The molecule has 0 saturated carbocycles. The molecular weight excluding hydrogens is 279 g/mol. The van der Waals surface area contributed by atoms with E-state index in [1.165, 1.54) is 18.2 Å². The van der Waals surface area contributed by atoms with Crippen molar-refractivity contribution in [2.45, 2.75) is 12.7 Å². The average Bonchev–Trinajstić information content (AvgIpc) is 2.33. The molecule has 2 aromatic rings. The van der Waals surface area contributed by atoms with Gasteiger partial charge in [-0.1, -0.05) is 12.1 Å². The van der Waals surface area contributed by atoms with Crippen LogP contribution in [0.25, 0.3) is 0 Å². The van der Waals surface area contributed by atoms with Crippen molar-refractivity contribution in [1.82, 2.24) is 0 Å². The van der Waals surface area contributed by atoms with Crippen molar-refractivity contribution in [3.63, 3.8) is 0 Å². The minimum atomic E-state index is -3.56. The lowest BCUT2D eigenvalue weighted by Gasteiger charge is -2.09. The molecule has 0 fully saturated rings. The Morgan fingerprint density at radius 3 is 2.60 bits per heavy atom. The molecule has 0 bridgehead atoms. The van der Waals surface area contributed by atoms with Crippen molar-refractivity contribution in [2.24, 2.45) is 0 Å². The molecule has 3 N–H and O–H groups in total. The quantitative estimate of drug-likeness (QED) is 0.851. The molecule has 106 valence electrons. The highest BCUT2D eigenvalue weighted by atomic mass is 32.2. The second kappa shape index (κ2) is 5.50. The SMILES string of the molecule is Cc1cc(NS(=O)(=O)Cc2cccc(N)c2)ccc1F. The third-order valence-electron chi connectivity index (χ3n) is 2.74. The van der Waals surface area contributed by atoms with Gasteiger partial charge in [-0.15, -0.1) is 0 Å². The third kappa shape index (κ3) is 3.71. The summed E-state index contributed by atoms with van der Waals surface area (Å²) >= 11 is 0. The number of halogens is 1. The van der Waals surface area contributed by atoms with Gasteiger partial charge in [0.15, 0.2) is 0 Å². The van der Waals surface area contributed by atoms with Crippen molar-refractivity contribution < 1.29 is 12.8 Å². The number of nitrogen functional groups attached to an aromatic ring is 1. The number of benzene rings is 2. The van der Waals surface area contributed by atoms with Gasteiger partial charge in [0.25, 0.3) is 0 Å². The maximum Gasteiger partial charge on any atom is 0.236 e. The Labute approximate surface area is 117 Å². The number of sulfonamides is 1. The van der Waals surface area contributed by atoms with Crippen LogP contribution in [0.4, 0.5) is 15.8 Å². The standard InChI is InChI=1S/C14H15FN2O2S/c1-10-7-13(5-6-14(10)15)17-20(18,19)9-11-3-2-4-12(16)8-11/h2-8,17H,9,16H2,1H3. The summed E-state index contributed by atoms with van der Waals surface area (Å²) in [5.41, 5.74) is 7.44. The van der Waals surface area contributed by atoms with Crippen molar-refractivity contribution in [3.05, 3.63) is 59.4 Å². The summed E-state index contributed by atoms with van der Waals surface area (Å²) < 4.78 is 39.6. The average molecular weight is 294 g/mol. The number of nitrogens with two attached hydrogens (primary N) is 1. The molecule has 0 aliphatic rings. The van der Waals surface area contributed by atoms with E-state index >= 15 is 0 Å². The lowest BCUT2D eigenvalue weighted by atomic mass is 10.2. The summed E-state index contributed by atoms with van der Waals surface area (Å²) in [5, 5.41) is 0. The first kappa shape index (κ1) is 14.3. The molecule has 0 aliphatic carbocycles. The molecule has 0 saturated heterocycles. The van der Waals surface area contributed by atoms with E-state index in [9.17, 15) is 12.8 Å². The molecule has 0 heterocycles. The lowest BCUT2D eigenvalue weighted by Crippen LogP contribution is -2.15. The van der Waals surface area contributed by atoms with Gasteiger partial charge < -0.3 is 5.73 Å². The molecule has 6 heteroatoms. The highest BCUT2D eigenvalue weighted by molar-refractivity contribution is 7.91. The highest BCUT2D eigenvalue weighted by Crippen LogP contribution is 2.17. The highest BCUT2D eigenvalue weighted by Gasteiger charge is 2.12. The van der Waals surface area contributed by atoms with Gasteiger partial charge in [0, 0.05) is 11.4 Å². The Morgan fingerprint density at radius 1 is 1.20 bits per heavy atom. The van der Waals surface area contributed by atoms with Crippen LogP contribution < -0.4 is 10.5 Å². The Balaban J connectivity index is 2.17. The monoisotopic (exact) mass is 294 g/mol. The number of nitrogens with one attached hydrogen (secondary N) is 1. The van der Waals surface area contributed by atoms with Crippen LogP contribution in [0.1, 0.15) is 11.1 Å². The predicted octanol–water partition coefficient (Wildman–Crippen LogP) is 2.66. The van der Waals surface area contributed by atoms with E-state index in [4.69, 9.17) is 5.73 Å². The normalized spacial score (nSPS) is 11.3. The number of hydrogen-bond donors (Lipinski definition) is 2. The van der Waals surface area contributed by atoms with E-state index < -0.39 is 10.0 Å². The van der Waals surface area contributed by atoms with Crippen LogP contribution in [0.5, 0.6) is 0 Å². The van der Waals surface area contributed by atoms with Gasteiger partial charge in [-0.05, 0) is 48.4 Å². The van der Waals surface area contributed by atoms with E-state index in [0.717, 1.165) is 0 Å². The Kier molecular flexibility index (Phi) is 3.94. The first-order valence-electron chi connectivity index (χ1n) is 5.97. The number of rotatable bonds is 4. The minimum Gasteiger partial charge on any atom is -0.399 e. The molecule has 0 radical (unpaired) electrons. The molecule has 20 heavy (non-hydrogen) atoms. The fourth-order valence-corrected chi connectivity index (χ4v) is 3.00. The van der Waals surface area contributed by atoms with E-state index in [1.807, 2.05) is 0 Å². The molecule has 4 nitrogen and oxygen atoms in total. The van der Waals surface area contributed by atoms with E-state index in [0.29, 0.717) is 22.5 Å². The Bertz CT molecular complexity index is 730. The fourth-order valence-electron chi connectivity index (χ4n) is 1.83. The van der Waals surface area contributed by atoms with Crippen LogP contribution in [-0.4, -0.2) is 8.42 Å². The van der Waals surface area contributed by atoms with Crippen LogP contribution >= 0.6 is 0 Å². The van der Waals surface area contributed by atoms with Crippen molar-refractivity contribution in [1.29, 1.82) is 0 Å². The zero-order chi connectivity index (χ0) is 14.8. The molecule has 0 amide bonds. The van der Waals surface area contributed by atoms with Gasteiger partial charge in [-0.3, -0.25) is 4.72 Å². The molecule has 0 aliphatic heterocycles. The molecule has 0 aromatic heterocycles. The summed E-state index contributed by atoms with van der Waals surface area (Å²) in [7, 11) is -3.56. The van der Waals surface area contributed by atoms with Gasteiger partial charge >= 0.3 is 0 Å². The van der Waals surface area contributed by atoms with Crippen LogP contribution in [0.2, 0.25) is 0 Å². The smallest absolute Gasteiger partial charge is 0.236 e. The van der Waals surface area contributed by atoms with Gasteiger partial charge in [0.05, 0.1) is 5.75 Å². The molecule has 0 spiro atoms. The van der Waals surface area contributed by atoms with E-state index in [-0.39, 0.29) is 11.6 Å². The van der Waals surface area contributed by atoms with Crippen molar-refractivity contribution >= 4 is 21.4 Å². The largest absolute Gasteiger partial charge is 0.399 e. The van der Waals surface area contributed by atoms with Crippen LogP contribution in [-0.2, 0) is 15.8 Å². The maximum atomic E-state index is 13.1. The summed E-state index contributed by atoms with van der Waals surface area (Å²) in [6.45, 7) is 1.57.